The molecular formula is C19H20N2O4. The molecule has 2 aliphatic heterocycles. The van der Waals surface area contributed by atoms with E-state index in [9.17, 15) is 19.2 Å². The third kappa shape index (κ3) is 2.52. The van der Waals surface area contributed by atoms with Crippen LogP contribution in [0.4, 0.5) is 0 Å². The molecule has 130 valence electrons. The highest BCUT2D eigenvalue weighted by Crippen LogP contribution is 2.51. The van der Waals surface area contributed by atoms with Crippen molar-refractivity contribution in [1.29, 1.82) is 0 Å². The van der Waals surface area contributed by atoms with Crippen LogP contribution in [-0.2, 0) is 25.7 Å². The average molecular weight is 340 g/mol. The number of benzene rings is 1. The standard InChI is InChI=1S/C19H20N2O4/c22-13-10-14(23)16-18(25)20-17(24)15(13)19(16)6-8-21(9-7-19)11-12-4-2-1-3-5-12/h1-5,15-16H,6-11H2,(H,20,24,25). The highest BCUT2D eigenvalue weighted by atomic mass is 16.2. The number of imide groups is 1. The van der Waals surface area contributed by atoms with Gasteiger partial charge in [0.15, 0.2) is 11.6 Å². The summed E-state index contributed by atoms with van der Waals surface area (Å²) in [6, 6.07) is 10.1. The Kier molecular flexibility index (Phi) is 3.80. The van der Waals surface area contributed by atoms with Crippen molar-refractivity contribution in [1.82, 2.24) is 10.2 Å². The van der Waals surface area contributed by atoms with Crippen LogP contribution in [0.5, 0.6) is 0 Å². The Balaban J connectivity index is 1.57. The fourth-order valence-electron chi connectivity index (χ4n) is 4.81. The monoisotopic (exact) mass is 340 g/mol. The lowest BCUT2D eigenvalue weighted by Gasteiger charge is -2.52. The molecule has 6 nitrogen and oxygen atoms in total. The Morgan fingerprint density at radius 2 is 1.48 bits per heavy atom. The third-order valence-electron chi connectivity index (χ3n) is 5.95. The van der Waals surface area contributed by atoms with Gasteiger partial charge in [0.1, 0.15) is 11.8 Å². The second-order valence-electron chi connectivity index (χ2n) is 7.32. The van der Waals surface area contributed by atoms with Crippen LogP contribution < -0.4 is 5.32 Å². The first-order valence-electron chi connectivity index (χ1n) is 8.68. The molecule has 1 N–H and O–H groups in total. The van der Waals surface area contributed by atoms with Gasteiger partial charge in [-0.25, -0.2) is 0 Å². The zero-order valence-electron chi connectivity index (χ0n) is 13.9. The van der Waals surface area contributed by atoms with Gasteiger partial charge in [-0.15, -0.1) is 0 Å². The summed E-state index contributed by atoms with van der Waals surface area (Å²) in [7, 11) is 0. The number of hydrogen-bond donors (Lipinski definition) is 1. The molecule has 3 fully saturated rings. The molecule has 25 heavy (non-hydrogen) atoms. The lowest BCUT2D eigenvalue weighted by molar-refractivity contribution is -0.168. The maximum absolute atomic E-state index is 12.4. The van der Waals surface area contributed by atoms with Crippen LogP contribution in [0, 0.1) is 17.3 Å². The molecule has 2 saturated heterocycles. The fraction of sp³-hybridized carbons (Fsp3) is 0.474. The maximum Gasteiger partial charge on any atom is 0.237 e. The molecule has 1 aromatic rings. The van der Waals surface area contributed by atoms with Crippen molar-refractivity contribution in [3.05, 3.63) is 35.9 Å². The Labute approximate surface area is 145 Å². The van der Waals surface area contributed by atoms with E-state index in [4.69, 9.17) is 0 Å². The fourth-order valence-corrected chi connectivity index (χ4v) is 4.81. The summed E-state index contributed by atoms with van der Waals surface area (Å²) in [5, 5.41) is 2.23. The van der Waals surface area contributed by atoms with Gasteiger partial charge >= 0.3 is 0 Å². The molecule has 0 aromatic heterocycles. The molecule has 1 saturated carbocycles. The van der Waals surface area contributed by atoms with Gasteiger partial charge < -0.3 is 0 Å². The second kappa shape index (κ2) is 5.88. The zero-order chi connectivity index (χ0) is 17.6. The number of rotatable bonds is 2. The smallest absolute Gasteiger partial charge is 0.237 e. The third-order valence-corrected chi connectivity index (χ3v) is 5.95. The molecule has 2 bridgehead atoms. The van der Waals surface area contributed by atoms with Gasteiger partial charge in [0.05, 0.1) is 6.42 Å². The van der Waals surface area contributed by atoms with Gasteiger partial charge in [-0.3, -0.25) is 29.4 Å². The minimum Gasteiger partial charge on any atom is -0.299 e. The van der Waals surface area contributed by atoms with Gasteiger partial charge in [0.2, 0.25) is 11.8 Å². The molecule has 1 aliphatic carbocycles. The number of amides is 2. The summed E-state index contributed by atoms with van der Waals surface area (Å²) < 4.78 is 0. The van der Waals surface area contributed by atoms with Crippen LogP contribution in [0.25, 0.3) is 0 Å². The number of carbonyl (C=O) groups excluding carboxylic acids is 4. The van der Waals surface area contributed by atoms with Crippen molar-refractivity contribution in [2.24, 2.45) is 17.3 Å². The van der Waals surface area contributed by atoms with Crippen LogP contribution in [0.2, 0.25) is 0 Å². The SMILES string of the molecule is O=C1CC(=O)C2C(=O)NC(=O)C1C21CCN(Cc2ccccc2)CC1. The van der Waals surface area contributed by atoms with E-state index in [2.05, 4.69) is 22.3 Å². The first-order chi connectivity index (χ1) is 12.0. The van der Waals surface area contributed by atoms with E-state index in [0.717, 1.165) is 6.54 Å². The molecule has 4 rings (SSSR count). The highest BCUT2D eigenvalue weighted by Gasteiger charge is 2.63. The molecule has 2 unspecified atom stereocenters. The number of nitrogens with zero attached hydrogens (tertiary/aromatic N) is 1. The van der Waals surface area contributed by atoms with Crippen LogP contribution in [-0.4, -0.2) is 41.4 Å². The second-order valence-corrected chi connectivity index (χ2v) is 7.32. The number of carbonyl (C=O) groups is 4. The maximum atomic E-state index is 12.4. The van der Waals surface area contributed by atoms with Crippen molar-refractivity contribution in [2.75, 3.05) is 13.1 Å². The number of piperidine rings is 2. The van der Waals surface area contributed by atoms with Crippen LogP contribution in [0.15, 0.2) is 30.3 Å². The van der Waals surface area contributed by atoms with E-state index in [0.29, 0.717) is 25.9 Å². The predicted octanol–water partition coefficient (Wildman–Crippen LogP) is 0.699. The topological polar surface area (TPSA) is 83.5 Å². The number of ketones is 2. The molecule has 3 aliphatic rings. The van der Waals surface area contributed by atoms with E-state index < -0.39 is 29.1 Å². The zero-order valence-corrected chi connectivity index (χ0v) is 13.9. The lowest BCUT2D eigenvalue weighted by atomic mass is 9.53. The normalized spacial score (nSPS) is 29.0. The van der Waals surface area contributed by atoms with Crippen molar-refractivity contribution in [3.8, 4) is 0 Å². The first-order valence-corrected chi connectivity index (χ1v) is 8.68. The van der Waals surface area contributed by atoms with Gasteiger partial charge in [0.25, 0.3) is 0 Å². The van der Waals surface area contributed by atoms with Gasteiger partial charge in [0, 0.05) is 12.0 Å². The molecule has 2 amide bonds. The van der Waals surface area contributed by atoms with Crippen molar-refractivity contribution in [3.63, 3.8) is 0 Å². The van der Waals surface area contributed by atoms with Crippen molar-refractivity contribution >= 4 is 23.4 Å². The Morgan fingerprint density at radius 3 is 2.04 bits per heavy atom. The average Bonchev–Trinajstić information content (AvgIpc) is 2.57. The Hall–Kier alpha value is -2.34. The number of nitrogens with one attached hydrogen (secondary N) is 1. The summed E-state index contributed by atoms with van der Waals surface area (Å²) in [5.74, 6) is -3.41. The molecule has 1 spiro atoms. The minimum atomic E-state index is -0.855. The Morgan fingerprint density at radius 1 is 0.920 bits per heavy atom. The number of hydrogen-bond acceptors (Lipinski definition) is 5. The van der Waals surface area contributed by atoms with Gasteiger partial charge in [-0.1, -0.05) is 30.3 Å². The van der Waals surface area contributed by atoms with E-state index in [1.807, 2.05) is 18.2 Å². The first kappa shape index (κ1) is 16.1. The highest BCUT2D eigenvalue weighted by molar-refractivity contribution is 6.24. The minimum absolute atomic E-state index is 0.288. The van der Waals surface area contributed by atoms with Crippen molar-refractivity contribution < 1.29 is 19.2 Å². The van der Waals surface area contributed by atoms with Crippen LogP contribution in [0.1, 0.15) is 24.8 Å². The number of Topliss-reactive ketones (excluding diaryl/α,β-unsaturated/α-hetero) is 2. The largest absolute Gasteiger partial charge is 0.299 e. The molecule has 0 radical (unpaired) electrons. The molecule has 2 heterocycles. The van der Waals surface area contributed by atoms with Crippen LogP contribution in [0.3, 0.4) is 0 Å². The summed E-state index contributed by atoms with van der Waals surface area (Å²) in [6.45, 7) is 2.13. The quantitative estimate of drug-likeness (QED) is 0.633. The van der Waals surface area contributed by atoms with Gasteiger partial charge in [-0.2, -0.15) is 0 Å². The molecule has 6 heteroatoms. The number of likely N-dealkylation sites (tertiary alicyclic amines) is 1. The van der Waals surface area contributed by atoms with E-state index in [-0.39, 0.29) is 18.0 Å². The summed E-state index contributed by atoms with van der Waals surface area (Å²) in [4.78, 5) is 51.6. The van der Waals surface area contributed by atoms with E-state index in [1.54, 1.807) is 0 Å². The Bertz CT molecular complexity index is 686. The van der Waals surface area contributed by atoms with E-state index in [1.165, 1.54) is 5.56 Å². The van der Waals surface area contributed by atoms with Gasteiger partial charge in [-0.05, 0) is 31.5 Å². The van der Waals surface area contributed by atoms with E-state index >= 15 is 0 Å². The molecule has 2 atom stereocenters. The van der Waals surface area contributed by atoms with Crippen LogP contribution >= 0.6 is 0 Å². The van der Waals surface area contributed by atoms with Crippen molar-refractivity contribution in [2.45, 2.75) is 25.8 Å². The molecule has 1 aromatic carbocycles. The lowest BCUT2D eigenvalue weighted by Crippen LogP contribution is -2.67. The summed E-state index contributed by atoms with van der Waals surface area (Å²) in [5.41, 5.74) is 0.377. The predicted molar refractivity (Wildman–Crippen MR) is 88.1 cm³/mol. The summed E-state index contributed by atoms with van der Waals surface area (Å²) >= 11 is 0. The molecular weight excluding hydrogens is 320 g/mol. The summed E-state index contributed by atoms with van der Waals surface area (Å²) in [6.07, 6.45) is 0.752.